The molecule has 7 heteroatoms. The van der Waals surface area contributed by atoms with Gasteiger partial charge in [-0.05, 0) is 49.7 Å². The van der Waals surface area contributed by atoms with Gasteiger partial charge in [0.1, 0.15) is 23.4 Å². The van der Waals surface area contributed by atoms with E-state index in [4.69, 9.17) is 4.42 Å². The molecule has 1 amide bonds. The molecule has 1 atom stereocenters. The minimum Gasteiger partial charge on any atom is -0.467 e. The molecule has 1 saturated heterocycles. The number of aryl methyl sites for hydroxylation is 1. The average molecular weight is 396 g/mol. The van der Waals surface area contributed by atoms with Crippen LogP contribution in [0.1, 0.15) is 52.8 Å². The predicted molar refractivity (Wildman–Crippen MR) is 107 cm³/mol. The van der Waals surface area contributed by atoms with E-state index in [2.05, 4.69) is 15.2 Å². The first-order valence-corrected chi connectivity index (χ1v) is 9.94. The first-order valence-electron chi connectivity index (χ1n) is 9.94. The fourth-order valence-electron chi connectivity index (χ4n) is 3.80. The standard InChI is InChI=1S/C22H25FN4O2/c1-26-13-10-24-21(26)20(16-5-7-17(23)8-6-16)25-22(28)18-9-14-29-19(18)15-27-11-3-2-4-12-27/h5-10,13-14,20H,2-4,11-12,15H2,1H3,(H,25,28)/t20-/m1/s1. The molecule has 1 aliphatic rings. The third-order valence-electron chi connectivity index (χ3n) is 5.40. The Morgan fingerprint density at radius 1 is 1.21 bits per heavy atom. The normalized spacial score (nSPS) is 15.9. The number of imidazole rings is 1. The molecular formula is C22H25FN4O2. The van der Waals surface area contributed by atoms with E-state index < -0.39 is 6.04 Å². The van der Waals surface area contributed by atoms with Gasteiger partial charge >= 0.3 is 0 Å². The van der Waals surface area contributed by atoms with Crippen LogP contribution in [0.2, 0.25) is 0 Å². The summed E-state index contributed by atoms with van der Waals surface area (Å²) in [4.78, 5) is 19.8. The molecule has 0 bridgehead atoms. The number of piperidine rings is 1. The number of halogens is 1. The van der Waals surface area contributed by atoms with Gasteiger partial charge < -0.3 is 14.3 Å². The first-order chi connectivity index (χ1) is 14.1. The van der Waals surface area contributed by atoms with Crippen LogP contribution >= 0.6 is 0 Å². The van der Waals surface area contributed by atoms with Crippen molar-refractivity contribution in [3.05, 3.63) is 77.5 Å². The Kier molecular flexibility index (Phi) is 5.76. The number of carbonyl (C=O) groups excluding carboxylic acids is 1. The number of carbonyl (C=O) groups is 1. The van der Waals surface area contributed by atoms with Crippen LogP contribution in [0.4, 0.5) is 4.39 Å². The van der Waals surface area contributed by atoms with Crippen molar-refractivity contribution in [1.82, 2.24) is 19.8 Å². The molecule has 0 unspecified atom stereocenters. The van der Waals surface area contributed by atoms with Crippen LogP contribution in [0, 0.1) is 5.82 Å². The van der Waals surface area contributed by atoms with Crippen LogP contribution < -0.4 is 5.32 Å². The third kappa shape index (κ3) is 4.40. The lowest BCUT2D eigenvalue weighted by Crippen LogP contribution is -2.33. The number of benzene rings is 1. The number of nitrogens with zero attached hydrogens (tertiary/aromatic N) is 3. The lowest BCUT2D eigenvalue weighted by Gasteiger charge is -2.25. The van der Waals surface area contributed by atoms with Crippen LogP contribution in [0.5, 0.6) is 0 Å². The van der Waals surface area contributed by atoms with Crippen LogP contribution in [-0.4, -0.2) is 33.4 Å². The molecule has 0 aliphatic carbocycles. The monoisotopic (exact) mass is 396 g/mol. The molecule has 29 heavy (non-hydrogen) atoms. The van der Waals surface area contributed by atoms with Gasteiger partial charge in [0, 0.05) is 19.4 Å². The molecule has 0 spiro atoms. The molecule has 4 rings (SSSR count). The van der Waals surface area contributed by atoms with E-state index in [9.17, 15) is 9.18 Å². The highest BCUT2D eigenvalue weighted by Gasteiger charge is 2.25. The summed E-state index contributed by atoms with van der Waals surface area (Å²) in [6, 6.07) is 7.31. The summed E-state index contributed by atoms with van der Waals surface area (Å²) in [7, 11) is 1.87. The second kappa shape index (κ2) is 8.61. The Hall–Kier alpha value is -2.93. The molecule has 3 aromatic rings. The third-order valence-corrected chi connectivity index (χ3v) is 5.40. The predicted octanol–water partition coefficient (Wildman–Crippen LogP) is 3.66. The van der Waals surface area contributed by atoms with Gasteiger partial charge in [0.15, 0.2) is 0 Å². The summed E-state index contributed by atoms with van der Waals surface area (Å²) in [6.07, 6.45) is 8.66. The molecule has 1 N–H and O–H groups in total. The summed E-state index contributed by atoms with van der Waals surface area (Å²) in [6.45, 7) is 2.67. The smallest absolute Gasteiger partial charge is 0.255 e. The zero-order valence-corrected chi connectivity index (χ0v) is 16.5. The maximum Gasteiger partial charge on any atom is 0.255 e. The number of furan rings is 1. The fraction of sp³-hybridized carbons (Fsp3) is 0.364. The number of nitrogens with one attached hydrogen (secondary N) is 1. The van der Waals surface area contributed by atoms with Crippen molar-refractivity contribution in [1.29, 1.82) is 0 Å². The van der Waals surface area contributed by atoms with E-state index >= 15 is 0 Å². The van der Waals surface area contributed by atoms with Crippen molar-refractivity contribution in [2.45, 2.75) is 31.8 Å². The molecule has 6 nitrogen and oxygen atoms in total. The molecular weight excluding hydrogens is 371 g/mol. The summed E-state index contributed by atoms with van der Waals surface area (Å²) < 4.78 is 20.9. The van der Waals surface area contributed by atoms with Gasteiger partial charge in [0.05, 0.1) is 18.4 Å². The lowest BCUT2D eigenvalue weighted by atomic mass is 10.0. The van der Waals surface area contributed by atoms with Gasteiger partial charge in [-0.1, -0.05) is 18.6 Å². The summed E-state index contributed by atoms with van der Waals surface area (Å²) in [5.74, 6) is 0.786. The molecule has 1 aromatic carbocycles. The van der Waals surface area contributed by atoms with Crippen molar-refractivity contribution in [3.8, 4) is 0 Å². The van der Waals surface area contributed by atoms with Gasteiger partial charge in [-0.25, -0.2) is 9.37 Å². The number of hydrogen-bond acceptors (Lipinski definition) is 4. The van der Waals surface area contributed by atoms with Gasteiger partial charge in [-0.15, -0.1) is 0 Å². The van der Waals surface area contributed by atoms with Crippen LogP contribution in [0.25, 0.3) is 0 Å². The van der Waals surface area contributed by atoms with Crippen LogP contribution in [0.3, 0.4) is 0 Å². The number of amides is 1. The minimum atomic E-state index is -0.499. The van der Waals surface area contributed by atoms with E-state index in [0.29, 0.717) is 23.7 Å². The van der Waals surface area contributed by atoms with Crippen molar-refractivity contribution >= 4 is 5.91 Å². The van der Waals surface area contributed by atoms with Crippen molar-refractivity contribution in [2.75, 3.05) is 13.1 Å². The summed E-state index contributed by atoms with van der Waals surface area (Å²) in [5, 5.41) is 3.05. The zero-order chi connectivity index (χ0) is 20.2. The fourth-order valence-corrected chi connectivity index (χ4v) is 3.80. The Morgan fingerprint density at radius 2 is 1.97 bits per heavy atom. The minimum absolute atomic E-state index is 0.233. The second-order valence-corrected chi connectivity index (χ2v) is 7.45. The van der Waals surface area contributed by atoms with Crippen molar-refractivity contribution in [3.63, 3.8) is 0 Å². The van der Waals surface area contributed by atoms with Gasteiger partial charge in [0.25, 0.3) is 5.91 Å². The first kappa shape index (κ1) is 19.4. The zero-order valence-electron chi connectivity index (χ0n) is 16.5. The second-order valence-electron chi connectivity index (χ2n) is 7.45. The number of aromatic nitrogens is 2. The molecule has 0 radical (unpaired) electrons. The number of hydrogen-bond donors (Lipinski definition) is 1. The highest BCUT2D eigenvalue weighted by atomic mass is 19.1. The summed E-state index contributed by atoms with van der Waals surface area (Å²) in [5.41, 5.74) is 1.28. The van der Waals surface area contributed by atoms with E-state index in [0.717, 1.165) is 18.7 Å². The van der Waals surface area contributed by atoms with Gasteiger partial charge in [-0.3, -0.25) is 9.69 Å². The number of rotatable bonds is 6. The van der Waals surface area contributed by atoms with Crippen molar-refractivity contribution < 1.29 is 13.6 Å². The maximum atomic E-state index is 13.4. The Balaban J connectivity index is 1.57. The van der Waals surface area contributed by atoms with E-state index in [1.165, 1.54) is 31.4 Å². The number of likely N-dealkylation sites (tertiary alicyclic amines) is 1. The van der Waals surface area contributed by atoms with E-state index in [1.54, 1.807) is 30.7 Å². The van der Waals surface area contributed by atoms with Gasteiger partial charge in [0.2, 0.25) is 0 Å². The van der Waals surface area contributed by atoms with Gasteiger partial charge in [-0.2, -0.15) is 0 Å². The largest absolute Gasteiger partial charge is 0.467 e. The Bertz CT molecular complexity index is 957. The molecule has 0 saturated carbocycles. The topological polar surface area (TPSA) is 63.3 Å². The molecule has 1 aliphatic heterocycles. The highest BCUT2D eigenvalue weighted by molar-refractivity contribution is 5.95. The Morgan fingerprint density at radius 3 is 2.66 bits per heavy atom. The van der Waals surface area contributed by atoms with Crippen LogP contribution in [0.15, 0.2) is 53.4 Å². The van der Waals surface area contributed by atoms with Crippen molar-refractivity contribution in [2.24, 2.45) is 7.05 Å². The van der Waals surface area contributed by atoms with E-state index in [1.807, 2.05) is 17.8 Å². The molecule has 3 heterocycles. The lowest BCUT2D eigenvalue weighted by molar-refractivity contribution is 0.0936. The quantitative estimate of drug-likeness (QED) is 0.691. The molecule has 1 fully saturated rings. The SMILES string of the molecule is Cn1ccnc1[C@H](NC(=O)c1ccoc1CN1CCCCC1)c1ccc(F)cc1. The van der Waals surface area contributed by atoms with E-state index in [-0.39, 0.29) is 11.7 Å². The average Bonchev–Trinajstić information content (AvgIpc) is 3.36. The Labute approximate surface area is 169 Å². The summed E-state index contributed by atoms with van der Waals surface area (Å²) >= 11 is 0. The molecule has 2 aromatic heterocycles. The maximum absolute atomic E-state index is 13.4. The van der Waals surface area contributed by atoms with Crippen LogP contribution in [-0.2, 0) is 13.6 Å². The highest BCUT2D eigenvalue weighted by Crippen LogP contribution is 2.23. The molecule has 152 valence electrons.